The molecule has 1 aliphatic rings. The summed E-state index contributed by atoms with van der Waals surface area (Å²) in [5.74, 6) is -1.19. The molecule has 3 heterocycles. The van der Waals surface area contributed by atoms with Gasteiger partial charge in [0, 0.05) is 30.2 Å². The third-order valence-corrected chi connectivity index (χ3v) is 6.70. The lowest BCUT2D eigenvalue weighted by Gasteiger charge is -2.25. The molecule has 4 aromatic rings. The maximum Gasteiger partial charge on any atom is 0.311 e. The van der Waals surface area contributed by atoms with Crippen LogP contribution in [-0.2, 0) is 24.1 Å². The summed E-state index contributed by atoms with van der Waals surface area (Å²) in [5, 5.41) is 18.7. The average molecular weight is 429 g/mol. The first kappa shape index (κ1) is 20.5. The Hall–Kier alpha value is -3.41. The van der Waals surface area contributed by atoms with E-state index in [9.17, 15) is 9.90 Å². The molecule has 0 fully saturated rings. The van der Waals surface area contributed by atoms with Gasteiger partial charge in [-0.25, -0.2) is 4.68 Å². The molecule has 0 bridgehead atoms. The van der Waals surface area contributed by atoms with Gasteiger partial charge in [0.15, 0.2) is 0 Å². The third kappa shape index (κ3) is 3.60. The summed E-state index contributed by atoms with van der Waals surface area (Å²) in [7, 11) is 0. The van der Waals surface area contributed by atoms with Crippen LogP contribution in [0.2, 0.25) is 0 Å². The van der Waals surface area contributed by atoms with Crippen molar-refractivity contribution >= 4 is 11.5 Å². The lowest BCUT2D eigenvalue weighted by Crippen LogP contribution is -2.23. The highest BCUT2D eigenvalue weighted by Crippen LogP contribution is 2.39. The van der Waals surface area contributed by atoms with Gasteiger partial charge in [-0.15, -0.1) is 5.10 Å². The van der Waals surface area contributed by atoms with Crippen molar-refractivity contribution in [2.24, 2.45) is 0 Å². The molecule has 0 aliphatic heterocycles. The summed E-state index contributed by atoms with van der Waals surface area (Å²) < 4.78 is 4.29. The summed E-state index contributed by atoms with van der Waals surface area (Å²) in [6.45, 7) is 2.05. The molecule has 6 nitrogen and oxygen atoms in total. The van der Waals surface area contributed by atoms with E-state index in [1.54, 1.807) is 0 Å². The zero-order valence-electron chi connectivity index (χ0n) is 18.3. The number of carbonyl (C=O) groups is 1. The van der Waals surface area contributed by atoms with Crippen molar-refractivity contribution in [3.8, 4) is 0 Å². The highest BCUT2D eigenvalue weighted by Gasteiger charge is 2.33. The van der Waals surface area contributed by atoms with Crippen molar-refractivity contribution in [1.82, 2.24) is 19.4 Å². The fourth-order valence-corrected chi connectivity index (χ4v) is 5.27. The summed E-state index contributed by atoms with van der Waals surface area (Å²) in [5.41, 5.74) is 6.83. The molecule has 1 N–H and O–H groups in total. The molecule has 1 aromatic carbocycles. The number of hydrogen-bond donors (Lipinski definition) is 1. The first-order valence-corrected chi connectivity index (χ1v) is 11.4. The Morgan fingerprint density at radius 2 is 2.00 bits per heavy atom. The smallest absolute Gasteiger partial charge is 0.311 e. The highest BCUT2D eigenvalue weighted by molar-refractivity contribution is 5.82. The largest absolute Gasteiger partial charge is 0.481 e. The number of nitrogens with zero attached hydrogens (tertiary/aromatic N) is 4. The van der Waals surface area contributed by atoms with Crippen molar-refractivity contribution in [2.75, 3.05) is 0 Å². The quantitative estimate of drug-likeness (QED) is 0.458. The topological polar surface area (TPSA) is 72.4 Å². The summed E-state index contributed by atoms with van der Waals surface area (Å²) in [6.07, 6.45) is 8.85. The fourth-order valence-electron chi connectivity index (χ4n) is 5.27. The van der Waals surface area contributed by atoms with Gasteiger partial charge in [-0.2, -0.15) is 0 Å². The molecule has 6 heteroatoms. The molecule has 0 amide bonds. The van der Waals surface area contributed by atoms with Crippen LogP contribution in [0.25, 0.3) is 5.52 Å². The van der Waals surface area contributed by atoms with Gasteiger partial charge in [0.05, 0.1) is 23.9 Å². The number of rotatable bonds is 7. The van der Waals surface area contributed by atoms with E-state index in [2.05, 4.69) is 62.8 Å². The predicted molar refractivity (Wildman–Crippen MR) is 123 cm³/mol. The molecule has 0 saturated heterocycles. The van der Waals surface area contributed by atoms with Crippen molar-refractivity contribution < 1.29 is 9.90 Å². The lowest BCUT2D eigenvalue weighted by molar-refractivity contribution is -0.139. The van der Waals surface area contributed by atoms with Gasteiger partial charge in [0.2, 0.25) is 0 Å². The van der Waals surface area contributed by atoms with Crippen LogP contribution in [0.1, 0.15) is 66.2 Å². The van der Waals surface area contributed by atoms with Crippen LogP contribution in [0.4, 0.5) is 0 Å². The van der Waals surface area contributed by atoms with E-state index in [0.29, 0.717) is 6.42 Å². The second-order valence-corrected chi connectivity index (χ2v) is 8.70. The normalized spacial score (nSPS) is 16.7. The predicted octanol–water partition coefficient (Wildman–Crippen LogP) is 4.82. The van der Waals surface area contributed by atoms with Crippen molar-refractivity contribution in [2.45, 2.75) is 57.4 Å². The standard InChI is InChI=1S/C26H28N4O2/c1-2-8-22(26(31)32)25-21-13-12-19(16-24(21)29-14-7-6-11-23(25)29)30-20(17-27-28-30)15-18-9-4-3-5-10-18/h3-7,9-11,14,17,19,22H,2,8,12-13,15-16H2,1H3,(H,31,32). The second-order valence-electron chi connectivity index (χ2n) is 8.70. The van der Waals surface area contributed by atoms with Crippen LogP contribution in [-0.4, -0.2) is 30.5 Å². The number of aliphatic carboxylic acids is 1. The molecule has 5 rings (SSSR count). The van der Waals surface area contributed by atoms with Crippen LogP contribution in [0, 0.1) is 0 Å². The monoisotopic (exact) mass is 428 g/mol. The maximum absolute atomic E-state index is 12.2. The highest BCUT2D eigenvalue weighted by atomic mass is 16.4. The van der Waals surface area contributed by atoms with Gasteiger partial charge >= 0.3 is 5.97 Å². The lowest BCUT2D eigenvalue weighted by atomic mass is 9.85. The molecular formula is C26H28N4O2. The minimum absolute atomic E-state index is 0.212. The number of aromatic nitrogens is 4. The molecule has 2 atom stereocenters. The Morgan fingerprint density at radius 1 is 1.19 bits per heavy atom. The van der Waals surface area contributed by atoms with Crippen LogP contribution in [0.15, 0.2) is 60.9 Å². The Balaban J connectivity index is 1.52. The molecule has 1 aliphatic carbocycles. The van der Waals surface area contributed by atoms with E-state index < -0.39 is 11.9 Å². The third-order valence-electron chi connectivity index (χ3n) is 6.70. The molecule has 2 unspecified atom stereocenters. The average Bonchev–Trinajstić information content (AvgIpc) is 3.40. The Kier molecular flexibility index (Phi) is 5.52. The van der Waals surface area contributed by atoms with Gasteiger partial charge in [-0.3, -0.25) is 4.79 Å². The van der Waals surface area contributed by atoms with Gasteiger partial charge in [-0.1, -0.05) is 55.0 Å². The van der Waals surface area contributed by atoms with Gasteiger partial charge in [-0.05, 0) is 48.1 Å². The first-order valence-electron chi connectivity index (χ1n) is 11.4. The van der Waals surface area contributed by atoms with Crippen LogP contribution >= 0.6 is 0 Å². The molecule has 0 spiro atoms. The molecular weight excluding hydrogens is 400 g/mol. The van der Waals surface area contributed by atoms with E-state index in [4.69, 9.17) is 0 Å². The van der Waals surface area contributed by atoms with Crippen LogP contribution in [0.3, 0.4) is 0 Å². The summed E-state index contributed by atoms with van der Waals surface area (Å²) in [4.78, 5) is 12.2. The summed E-state index contributed by atoms with van der Waals surface area (Å²) >= 11 is 0. The zero-order chi connectivity index (χ0) is 22.1. The van der Waals surface area contributed by atoms with Gasteiger partial charge in [0.25, 0.3) is 0 Å². The van der Waals surface area contributed by atoms with Crippen molar-refractivity contribution in [3.05, 3.63) is 89.0 Å². The molecule has 32 heavy (non-hydrogen) atoms. The van der Waals surface area contributed by atoms with E-state index in [1.165, 1.54) is 16.8 Å². The van der Waals surface area contributed by atoms with Crippen molar-refractivity contribution in [1.29, 1.82) is 0 Å². The van der Waals surface area contributed by atoms with Crippen LogP contribution in [0.5, 0.6) is 0 Å². The summed E-state index contributed by atoms with van der Waals surface area (Å²) in [6, 6.07) is 16.7. The Morgan fingerprint density at radius 3 is 2.78 bits per heavy atom. The Bertz CT molecular complexity index is 1240. The molecule has 0 radical (unpaired) electrons. The van der Waals surface area contributed by atoms with E-state index in [0.717, 1.165) is 48.9 Å². The van der Waals surface area contributed by atoms with Gasteiger partial charge < -0.3 is 9.51 Å². The number of hydrogen-bond acceptors (Lipinski definition) is 3. The first-order chi connectivity index (χ1) is 15.7. The van der Waals surface area contributed by atoms with E-state index in [1.807, 2.05) is 24.4 Å². The maximum atomic E-state index is 12.2. The molecule has 3 aromatic heterocycles. The SMILES string of the molecule is CCCC(C(=O)O)c1c2c(n3ccccc13)CC(n1nncc1Cc1ccccc1)CC2. The van der Waals surface area contributed by atoms with E-state index in [-0.39, 0.29) is 6.04 Å². The van der Waals surface area contributed by atoms with Crippen molar-refractivity contribution in [3.63, 3.8) is 0 Å². The van der Waals surface area contributed by atoms with Gasteiger partial charge in [0.1, 0.15) is 0 Å². The number of carboxylic acid groups (broad SMARTS) is 1. The number of fused-ring (bicyclic) bond motifs is 3. The number of benzene rings is 1. The minimum atomic E-state index is -0.727. The Labute approximate surface area is 187 Å². The molecule has 0 saturated carbocycles. The minimum Gasteiger partial charge on any atom is -0.481 e. The van der Waals surface area contributed by atoms with E-state index >= 15 is 0 Å². The number of carboxylic acids is 1. The second kappa shape index (κ2) is 8.61. The zero-order valence-corrected chi connectivity index (χ0v) is 18.3. The fraction of sp³-hybridized carbons (Fsp3) is 0.346. The van der Waals surface area contributed by atoms with Crippen LogP contribution < -0.4 is 0 Å². The number of pyridine rings is 1. The molecule has 164 valence electrons.